The highest BCUT2D eigenvalue weighted by Crippen LogP contribution is 2.25. The summed E-state index contributed by atoms with van der Waals surface area (Å²) in [6.07, 6.45) is 26.4. The highest BCUT2D eigenvalue weighted by Gasteiger charge is 2.11. The van der Waals surface area contributed by atoms with Gasteiger partial charge in [0.05, 0.1) is 6.10 Å². The van der Waals surface area contributed by atoms with Gasteiger partial charge in [-0.15, -0.1) is 0 Å². The molecule has 0 saturated carbocycles. The van der Waals surface area contributed by atoms with E-state index in [-0.39, 0.29) is 0 Å². The zero-order valence-electron chi connectivity index (χ0n) is 20.5. The monoisotopic (exact) mass is 416 g/mol. The Hall–Kier alpha value is -0.820. The van der Waals surface area contributed by atoms with Crippen molar-refractivity contribution in [3.05, 3.63) is 35.9 Å². The number of ether oxygens (including phenoxy) is 1. The largest absolute Gasteiger partial charge is 0.374 e. The van der Waals surface area contributed by atoms with Crippen molar-refractivity contribution in [2.75, 3.05) is 6.61 Å². The number of rotatable bonds is 22. The Balaban J connectivity index is 2.08. The molecule has 1 aromatic rings. The summed E-state index contributed by atoms with van der Waals surface area (Å²) in [7, 11) is 0. The Morgan fingerprint density at radius 1 is 0.533 bits per heavy atom. The highest BCUT2D eigenvalue weighted by atomic mass is 16.5. The van der Waals surface area contributed by atoms with Gasteiger partial charge in [0.1, 0.15) is 0 Å². The Morgan fingerprint density at radius 2 is 0.967 bits per heavy atom. The van der Waals surface area contributed by atoms with E-state index in [1.54, 1.807) is 0 Å². The van der Waals surface area contributed by atoms with Gasteiger partial charge in [0.25, 0.3) is 0 Å². The maximum Gasteiger partial charge on any atom is 0.0824 e. The van der Waals surface area contributed by atoms with E-state index >= 15 is 0 Å². The standard InChI is InChI=1S/C29H52O/c1-3-5-7-9-11-12-13-14-15-16-17-22-26-29(28-24-20-19-21-25-28)30-27-23-18-10-8-6-4-2/h19-21,24-25,29H,3-18,22-23,26-27H2,1-2H3. The first kappa shape index (κ1) is 27.2. The first-order valence-electron chi connectivity index (χ1n) is 13.5. The molecule has 1 nitrogen and oxygen atoms in total. The summed E-state index contributed by atoms with van der Waals surface area (Å²) in [4.78, 5) is 0. The fourth-order valence-corrected chi connectivity index (χ4v) is 4.29. The quantitative estimate of drug-likeness (QED) is 0.171. The van der Waals surface area contributed by atoms with Gasteiger partial charge in [-0.05, 0) is 18.4 Å². The second-order valence-electron chi connectivity index (χ2n) is 9.22. The van der Waals surface area contributed by atoms with Crippen molar-refractivity contribution < 1.29 is 4.74 Å². The van der Waals surface area contributed by atoms with E-state index in [2.05, 4.69) is 44.2 Å². The maximum absolute atomic E-state index is 6.33. The Bertz CT molecular complexity index is 441. The predicted molar refractivity (Wildman–Crippen MR) is 134 cm³/mol. The third-order valence-corrected chi connectivity index (χ3v) is 6.31. The third kappa shape index (κ3) is 15.9. The van der Waals surface area contributed by atoms with Crippen molar-refractivity contribution in [2.45, 2.75) is 142 Å². The SMILES string of the molecule is CCCCCCCCCCCCCCC(OCCCCCCCC)c1ccccc1. The van der Waals surface area contributed by atoms with Gasteiger partial charge < -0.3 is 4.74 Å². The van der Waals surface area contributed by atoms with E-state index in [9.17, 15) is 0 Å². The first-order chi connectivity index (χ1) is 14.9. The van der Waals surface area contributed by atoms with Crippen LogP contribution in [0.1, 0.15) is 148 Å². The van der Waals surface area contributed by atoms with Gasteiger partial charge in [-0.1, -0.05) is 153 Å². The summed E-state index contributed by atoms with van der Waals surface area (Å²) in [6, 6.07) is 10.9. The number of benzene rings is 1. The lowest BCUT2D eigenvalue weighted by atomic mass is 10.0. The molecule has 0 aromatic heterocycles. The Kier molecular flexibility index (Phi) is 19.4. The summed E-state index contributed by atoms with van der Waals surface area (Å²) in [6.45, 7) is 5.50. The molecule has 174 valence electrons. The van der Waals surface area contributed by atoms with Crippen LogP contribution in [0.25, 0.3) is 0 Å². The van der Waals surface area contributed by atoms with E-state index in [0.29, 0.717) is 6.10 Å². The highest BCUT2D eigenvalue weighted by molar-refractivity contribution is 5.17. The molecule has 0 N–H and O–H groups in total. The molecular weight excluding hydrogens is 364 g/mol. The van der Waals surface area contributed by atoms with Crippen molar-refractivity contribution in [2.24, 2.45) is 0 Å². The molecule has 30 heavy (non-hydrogen) atoms. The smallest absolute Gasteiger partial charge is 0.0824 e. The molecule has 1 aromatic carbocycles. The molecule has 0 aliphatic rings. The predicted octanol–water partition coefficient (Wildman–Crippen LogP) is 10.2. The molecular formula is C29H52O. The summed E-state index contributed by atoms with van der Waals surface area (Å²) in [5, 5.41) is 0. The van der Waals surface area contributed by atoms with E-state index in [1.807, 2.05) is 0 Å². The summed E-state index contributed by atoms with van der Waals surface area (Å²) in [5.41, 5.74) is 1.37. The lowest BCUT2D eigenvalue weighted by Gasteiger charge is -2.18. The van der Waals surface area contributed by atoms with E-state index in [1.165, 1.54) is 128 Å². The molecule has 0 aliphatic heterocycles. The van der Waals surface area contributed by atoms with Crippen molar-refractivity contribution >= 4 is 0 Å². The van der Waals surface area contributed by atoms with Gasteiger partial charge >= 0.3 is 0 Å². The molecule has 0 aliphatic carbocycles. The number of unbranched alkanes of at least 4 members (excludes halogenated alkanes) is 16. The van der Waals surface area contributed by atoms with Crippen LogP contribution >= 0.6 is 0 Å². The third-order valence-electron chi connectivity index (χ3n) is 6.31. The summed E-state index contributed by atoms with van der Waals surface area (Å²) >= 11 is 0. The van der Waals surface area contributed by atoms with Gasteiger partial charge in [-0.3, -0.25) is 0 Å². The van der Waals surface area contributed by atoms with Crippen LogP contribution in [0.5, 0.6) is 0 Å². The Labute approximate surface area is 189 Å². The second-order valence-corrected chi connectivity index (χ2v) is 9.22. The normalized spacial score (nSPS) is 12.3. The van der Waals surface area contributed by atoms with Crippen LogP contribution < -0.4 is 0 Å². The lowest BCUT2D eigenvalue weighted by Crippen LogP contribution is -2.06. The van der Waals surface area contributed by atoms with Crippen molar-refractivity contribution in [3.63, 3.8) is 0 Å². The molecule has 0 fully saturated rings. The molecule has 1 rings (SSSR count). The first-order valence-corrected chi connectivity index (χ1v) is 13.5. The van der Waals surface area contributed by atoms with Gasteiger partial charge in [-0.25, -0.2) is 0 Å². The van der Waals surface area contributed by atoms with Gasteiger partial charge in [-0.2, -0.15) is 0 Å². The summed E-state index contributed by atoms with van der Waals surface area (Å²) in [5.74, 6) is 0. The molecule has 0 heterocycles. The zero-order chi connectivity index (χ0) is 21.5. The van der Waals surface area contributed by atoms with Gasteiger partial charge in [0.2, 0.25) is 0 Å². The molecule has 1 atom stereocenters. The van der Waals surface area contributed by atoms with Crippen LogP contribution in [0, 0.1) is 0 Å². The van der Waals surface area contributed by atoms with Crippen LogP contribution in [0.15, 0.2) is 30.3 Å². The minimum absolute atomic E-state index is 0.296. The average molecular weight is 417 g/mol. The molecule has 0 radical (unpaired) electrons. The van der Waals surface area contributed by atoms with E-state index < -0.39 is 0 Å². The van der Waals surface area contributed by atoms with Crippen LogP contribution in [0.4, 0.5) is 0 Å². The average Bonchev–Trinajstić information content (AvgIpc) is 2.78. The van der Waals surface area contributed by atoms with Crippen molar-refractivity contribution in [1.29, 1.82) is 0 Å². The van der Waals surface area contributed by atoms with Crippen LogP contribution in [-0.4, -0.2) is 6.61 Å². The Morgan fingerprint density at radius 3 is 1.47 bits per heavy atom. The molecule has 1 heteroatoms. The molecule has 0 saturated heterocycles. The van der Waals surface area contributed by atoms with E-state index in [4.69, 9.17) is 4.74 Å². The van der Waals surface area contributed by atoms with Crippen LogP contribution in [0.3, 0.4) is 0 Å². The molecule has 0 bridgehead atoms. The van der Waals surface area contributed by atoms with Crippen molar-refractivity contribution in [1.82, 2.24) is 0 Å². The topological polar surface area (TPSA) is 9.23 Å². The van der Waals surface area contributed by atoms with Crippen LogP contribution in [-0.2, 0) is 4.74 Å². The minimum Gasteiger partial charge on any atom is -0.374 e. The van der Waals surface area contributed by atoms with Crippen LogP contribution in [0.2, 0.25) is 0 Å². The fourth-order valence-electron chi connectivity index (χ4n) is 4.29. The number of hydrogen-bond donors (Lipinski definition) is 0. The van der Waals surface area contributed by atoms with Gasteiger partial charge in [0.15, 0.2) is 0 Å². The minimum atomic E-state index is 0.296. The molecule has 1 unspecified atom stereocenters. The molecule has 0 amide bonds. The van der Waals surface area contributed by atoms with Crippen molar-refractivity contribution in [3.8, 4) is 0 Å². The second kappa shape index (κ2) is 21.4. The maximum atomic E-state index is 6.33. The fraction of sp³-hybridized carbons (Fsp3) is 0.793. The van der Waals surface area contributed by atoms with Gasteiger partial charge in [0, 0.05) is 6.61 Å². The molecule has 0 spiro atoms. The zero-order valence-corrected chi connectivity index (χ0v) is 20.5. The number of hydrogen-bond acceptors (Lipinski definition) is 1. The van der Waals surface area contributed by atoms with E-state index in [0.717, 1.165) is 6.61 Å². The summed E-state index contributed by atoms with van der Waals surface area (Å²) < 4.78 is 6.33. The lowest BCUT2D eigenvalue weighted by molar-refractivity contribution is 0.0421.